The van der Waals surface area contributed by atoms with Gasteiger partial charge in [-0.2, -0.15) is 8.42 Å². The maximum atomic E-state index is 12.9. The SMILES string of the molecule is COc1ccc2cc(C(C)(C)C)ccc2c1-c1c(S(=O)(=O)OC)ccc2ccccc12. The monoisotopic (exact) mass is 434 g/mol. The van der Waals surface area contributed by atoms with Crippen molar-refractivity contribution in [1.82, 2.24) is 0 Å². The minimum absolute atomic E-state index is 0.00171. The van der Waals surface area contributed by atoms with Crippen LogP contribution in [-0.4, -0.2) is 22.6 Å². The van der Waals surface area contributed by atoms with Crippen LogP contribution in [0.1, 0.15) is 26.3 Å². The van der Waals surface area contributed by atoms with Crippen LogP contribution in [0.2, 0.25) is 0 Å². The molecule has 0 saturated carbocycles. The first-order valence-corrected chi connectivity index (χ1v) is 11.5. The Bertz CT molecular complexity index is 1400. The first-order chi connectivity index (χ1) is 14.7. The topological polar surface area (TPSA) is 52.6 Å². The maximum absolute atomic E-state index is 12.9. The van der Waals surface area contributed by atoms with E-state index in [2.05, 4.69) is 39.0 Å². The fourth-order valence-corrected chi connectivity index (χ4v) is 4.89. The number of hydrogen-bond donors (Lipinski definition) is 0. The number of rotatable bonds is 4. The molecule has 4 aromatic carbocycles. The van der Waals surface area contributed by atoms with Crippen molar-refractivity contribution in [2.75, 3.05) is 14.2 Å². The molecular formula is C26H26O4S. The van der Waals surface area contributed by atoms with E-state index in [0.29, 0.717) is 11.3 Å². The Morgan fingerprint density at radius 3 is 2.10 bits per heavy atom. The highest BCUT2D eigenvalue weighted by atomic mass is 32.2. The molecular weight excluding hydrogens is 408 g/mol. The predicted molar refractivity (Wildman–Crippen MR) is 126 cm³/mol. The molecule has 0 heterocycles. The van der Waals surface area contributed by atoms with Gasteiger partial charge >= 0.3 is 0 Å². The van der Waals surface area contributed by atoms with Crippen molar-refractivity contribution in [3.63, 3.8) is 0 Å². The lowest BCUT2D eigenvalue weighted by Crippen LogP contribution is -2.10. The van der Waals surface area contributed by atoms with Crippen LogP contribution in [0.25, 0.3) is 32.7 Å². The van der Waals surface area contributed by atoms with Gasteiger partial charge in [0.1, 0.15) is 10.6 Å². The van der Waals surface area contributed by atoms with Crippen molar-refractivity contribution < 1.29 is 17.3 Å². The van der Waals surface area contributed by atoms with E-state index in [0.717, 1.165) is 27.1 Å². The Morgan fingerprint density at radius 1 is 0.742 bits per heavy atom. The summed E-state index contributed by atoms with van der Waals surface area (Å²) in [6, 6.07) is 21.4. The van der Waals surface area contributed by atoms with Gasteiger partial charge in [0.05, 0.1) is 14.2 Å². The Morgan fingerprint density at radius 2 is 1.42 bits per heavy atom. The van der Waals surface area contributed by atoms with E-state index in [1.54, 1.807) is 19.2 Å². The number of benzene rings is 4. The van der Waals surface area contributed by atoms with E-state index < -0.39 is 10.1 Å². The summed E-state index contributed by atoms with van der Waals surface area (Å²) in [7, 11) is -1.16. The van der Waals surface area contributed by atoms with Crippen LogP contribution in [0.3, 0.4) is 0 Å². The molecule has 0 aromatic heterocycles. The van der Waals surface area contributed by atoms with Crippen LogP contribution >= 0.6 is 0 Å². The van der Waals surface area contributed by atoms with Crippen molar-refractivity contribution in [3.05, 3.63) is 72.3 Å². The summed E-state index contributed by atoms with van der Waals surface area (Å²) in [5.41, 5.74) is 2.54. The zero-order valence-electron chi connectivity index (χ0n) is 18.4. The number of methoxy groups -OCH3 is 1. The lowest BCUT2D eigenvalue weighted by atomic mass is 9.84. The summed E-state index contributed by atoms with van der Waals surface area (Å²) in [4.78, 5) is 0.124. The van der Waals surface area contributed by atoms with Crippen LogP contribution in [0.5, 0.6) is 5.75 Å². The average molecular weight is 435 g/mol. The molecule has 0 aliphatic rings. The van der Waals surface area contributed by atoms with E-state index >= 15 is 0 Å². The Labute approximate surface area is 183 Å². The third-order valence-corrected chi connectivity index (χ3v) is 7.01. The first-order valence-electron chi connectivity index (χ1n) is 10.1. The van der Waals surface area contributed by atoms with Crippen molar-refractivity contribution in [1.29, 1.82) is 0 Å². The number of hydrogen-bond acceptors (Lipinski definition) is 4. The van der Waals surface area contributed by atoms with E-state index in [4.69, 9.17) is 8.92 Å². The number of fused-ring (bicyclic) bond motifs is 2. The van der Waals surface area contributed by atoms with E-state index in [1.165, 1.54) is 12.7 Å². The highest BCUT2D eigenvalue weighted by molar-refractivity contribution is 7.87. The van der Waals surface area contributed by atoms with E-state index in [9.17, 15) is 8.42 Å². The van der Waals surface area contributed by atoms with Crippen LogP contribution in [0.15, 0.2) is 71.6 Å². The molecule has 4 rings (SSSR count). The van der Waals surface area contributed by atoms with Gasteiger partial charge < -0.3 is 4.74 Å². The molecule has 0 saturated heterocycles. The third kappa shape index (κ3) is 3.68. The highest BCUT2D eigenvalue weighted by Gasteiger charge is 2.25. The molecule has 0 fully saturated rings. The molecule has 0 atom stereocenters. The molecule has 4 aromatic rings. The van der Waals surface area contributed by atoms with Gasteiger partial charge in [-0.1, -0.05) is 75.4 Å². The minimum Gasteiger partial charge on any atom is -0.496 e. The second kappa shape index (κ2) is 7.66. The molecule has 0 N–H and O–H groups in total. The molecule has 0 radical (unpaired) electrons. The van der Waals surface area contributed by atoms with Crippen LogP contribution in [-0.2, 0) is 19.7 Å². The summed E-state index contributed by atoms with van der Waals surface area (Å²) < 4.78 is 36.4. The van der Waals surface area contributed by atoms with Crippen LogP contribution < -0.4 is 4.74 Å². The van der Waals surface area contributed by atoms with E-state index in [-0.39, 0.29) is 10.3 Å². The largest absolute Gasteiger partial charge is 0.496 e. The summed E-state index contributed by atoms with van der Waals surface area (Å²) in [5, 5.41) is 3.72. The van der Waals surface area contributed by atoms with Gasteiger partial charge in [-0.3, -0.25) is 4.18 Å². The lowest BCUT2D eigenvalue weighted by molar-refractivity contribution is 0.398. The van der Waals surface area contributed by atoms with Gasteiger partial charge in [-0.05, 0) is 44.7 Å². The fourth-order valence-electron chi connectivity index (χ4n) is 4.01. The molecule has 31 heavy (non-hydrogen) atoms. The Hall–Kier alpha value is -2.89. The standard InChI is InChI=1S/C26H26O4S/c1-26(2,3)19-12-13-21-18(16-19)10-14-22(29-4)24(21)25-20-9-7-6-8-17(20)11-15-23(25)31(27,28)30-5/h6-16H,1-5H3. The normalized spacial score (nSPS) is 12.4. The van der Waals surface area contributed by atoms with Crippen molar-refractivity contribution in [2.45, 2.75) is 31.1 Å². The summed E-state index contributed by atoms with van der Waals surface area (Å²) in [6.07, 6.45) is 0. The molecule has 0 aliphatic heterocycles. The first kappa shape index (κ1) is 21.3. The van der Waals surface area contributed by atoms with Gasteiger partial charge in [0.2, 0.25) is 0 Å². The van der Waals surface area contributed by atoms with Gasteiger partial charge in [-0.15, -0.1) is 0 Å². The molecule has 160 valence electrons. The second-order valence-corrected chi connectivity index (χ2v) is 10.3. The second-order valence-electron chi connectivity index (χ2n) is 8.61. The van der Waals surface area contributed by atoms with Gasteiger partial charge in [0, 0.05) is 11.1 Å². The minimum atomic E-state index is -3.95. The quantitative estimate of drug-likeness (QED) is 0.354. The average Bonchev–Trinajstić information content (AvgIpc) is 2.76. The van der Waals surface area contributed by atoms with Crippen molar-refractivity contribution in [3.8, 4) is 16.9 Å². The Balaban J connectivity index is 2.19. The van der Waals surface area contributed by atoms with Gasteiger partial charge in [-0.25, -0.2) is 0 Å². The zero-order chi connectivity index (χ0) is 22.4. The highest BCUT2D eigenvalue weighted by Crippen LogP contribution is 2.44. The smallest absolute Gasteiger partial charge is 0.297 e. The summed E-state index contributed by atoms with van der Waals surface area (Å²) >= 11 is 0. The predicted octanol–water partition coefficient (Wildman–Crippen LogP) is 6.30. The molecule has 0 unspecified atom stereocenters. The lowest BCUT2D eigenvalue weighted by Gasteiger charge is -2.21. The summed E-state index contributed by atoms with van der Waals surface area (Å²) in [6.45, 7) is 6.52. The van der Waals surface area contributed by atoms with Gasteiger partial charge in [0.15, 0.2) is 0 Å². The van der Waals surface area contributed by atoms with Gasteiger partial charge in [0.25, 0.3) is 10.1 Å². The molecule has 0 aliphatic carbocycles. The summed E-state index contributed by atoms with van der Waals surface area (Å²) in [5.74, 6) is 0.611. The van der Waals surface area contributed by atoms with Crippen LogP contribution in [0.4, 0.5) is 0 Å². The number of ether oxygens (including phenoxy) is 1. The van der Waals surface area contributed by atoms with Crippen LogP contribution in [0, 0.1) is 0 Å². The Kier molecular flexibility index (Phi) is 5.28. The molecule has 0 spiro atoms. The molecule has 0 amide bonds. The fraction of sp³-hybridized carbons (Fsp3) is 0.231. The van der Waals surface area contributed by atoms with Crippen molar-refractivity contribution >= 4 is 31.7 Å². The molecule has 4 nitrogen and oxygen atoms in total. The molecule has 0 bridgehead atoms. The zero-order valence-corrected chi connectivity index (χ0v) is 19.2. The van der Waals surface area contributed by atoms with E-state index in [1.807, 2.05) is 36.4 Å². The maximum Gasteiger partial charge on any atom is 0.297 e. The van der Waals surface area contributed by atoms with Crippen molar-refractivity contribution in [2.24, 2.45) is 0 Å². The third-order valence-electron chi connectivity index (χ3n) is 5.70. The molecule has 5 heteroatoms.